The molecule has 0 saturated carbocycles. The Balaban J connectivity index is 1.78. The Bertz CT molecular complexity index is 1130. The van der Waals surface area contributed by atoms with Crippen LogP contribution in [-0.4, -0.2) is 25.0 Å². The molecule has 0 atom stereocenters. The number of aryl methyl sites for hydroxylation is 1. The standard InChI is InChI=1S/C24H21F4N3O2/c1-16-8-10-20(11-9-16)30-23(33)31(21-7-3-5-18(15-21)24(26,27)28)13-12-29-22(32)17-4-2-6-19(25)14-17/h2-11,14-15H,12-13H2,1H3,(H,29,32)(H,30,33). The normalized spacial score (nSPS) is 11.1. The summed E-state index contributed by atoms with van der Waals surface area (Å²) >= 11 is 0. The van der Waals surface area contributed by atoms with Crippen LogP contribution in [0.4, 0.5) is 33.7 Å². The van der Waals surface area contributed by atoms with Crippen LogP contribution >= 0.6 is 0 Å². The van der Waals surface area contributed by atoms with E-state index in [4.69, 9.17) is 0 Å². The van der Waals surface area contributed by atoms with Crippen molar-refractivity contribution in [2.75, 3.05) is 23.3 Å². The molecule has 3 rings (SSSR count). The molecule has 2 N–H and O–H groups in total. The molecule has 0 radical (unpaired) electrons. The molecule has 0 saturated heterocycles. The molecule has 0 aromatic heterocycles. The highest BCUT2D eigenvalue weighted by Gasteiger charge is 2.31. The maximum absolute atomic E-state index is 13.3. The van der Waals surface area contributed by atoms with E-state index in [1.54, 1.807) is 24.3 Å². The molecule has 5 nitrogen and oxygen atoms in total. The number of hydrogen-bond acceptors (Lipinski definition) is 2. The third-order valence-electron chi connectivity index (χ3n) is 4.74. The Morgan fingerprint density at radius 1 is 0.939 bits per heavy atom. The van der Waals surface area contributed by atoms with Crippen molar-refractivity contribution < 1.29 is 27.2 Å². The summed E-state index contributed by atoms with van der Waals surface area (Å²) in [6.45, 7) is 1.68. The summed E-state index contributed by atoms with van der Waals surface area (Å²) < 4.78 is 52.9. The van der Waals surface area contributed by atoms with E-state index < -0.39 is 29.5 Å². The highest BCUT2D eigenvalue weighted by Crippen LogP contribution is 2.31. The second-order valence-corrected chi connectivity index (χ2v) is 7.26. The third-order valence-corrected chi connectivity index (χ3v) is 4.74. The number of halogens is 4. The van der Waals surface area contributed by atoms with Gasteiger partial charge in [0.25, 0.3) is 5.91 Å². The molecule has 0 aliphatic carbocycles. The molecular formula is C24H21F4N3O2. The fourth-order valence-electron chi connectivity index (χ4n) is 3.04. The first kappa shape index (κ1) is 23.8. The number of nitrogens with zero attached hydrogens (tertiary/aromatic N) is 1. The lowest BCUT2D eigenvalue weighted by Crippen LogP contribution is -2.41. The number of carbonyl (C=O) groups is 2. The molecule has 0 unspecified atom stereocenters. The summed E-state index contributed by atoms with van der Waals surface area (Å²) in [6.07, 6.45) is -4.58. The van der Waals surface area contributed by atoms with Gasteiger partial charge in [-0.25, -0.2) is 9.18 Å². The summed E-state index contributed by atoms with van der Waals surface area (Å²) in [7, 11) is 0. The van der Waals surface area contributed by atoms with Crippen LogP contribution in [0, 0.1) is 12.7 Å². The van der Waals surface area contributed by atoms with Crippen LogP contribution in [0.5, 0.6) is 0 Å². The second-order valence-electron chi connectivity index (χ2n) is 7.26. The van der Waals surface area contributed by atoms with Gasteiger partial charge >= 0.3 is 12.2 Å². The van der Waals surface area contributed by atoms with Gasteiger partial charge in [0.2, 0.25) is 0 Å². The lowest BCUT2D eigenvalue weighted by atomic mass is 10.1. The molecule has 172 valence electrons. The van der Waals surface area contributed by atoms with Gasteiger partial charge in [0, 0.05) is 30.0 Å². The predicted octanol–water partition coefficient (Wildman–Crippen LogP) is 5.62. The fraction of sp³-hybridized carbons (Fsp3) is 0.167. The first-order valence-corrected chi connectivity index (χ1v) is 10.00. The Morgan fingerprint density at radius 2 is 1.64 bits per heavy atom. The first-order chi connectivity index (χ1) is 15.6. The number of nitrogens with one attached hydrogen (secondary N) is 2. The van der Waals surface area contributed by atoms with Gasteiger partial charge in [-0.05, 0) is 55.5 Å². The topological polar surface area (TPSA) is 61.4 Å². The minimum Gasteiger partial charge on any atom is -0.350 e. The number of hydrogen-bond donors (Lipinski definition) is 2. The van der Waals surface area contributed by atoms with Crippen molar-refractivity contribution in [3.8, 4) is 0 Å². The Kier molecular flexibility index (Phi) is 7.32. The van der Waals surface area contributed by atoms with Crippen molar-refractivity contribution in [2.45, 2.75) is 13.1 Å². The maximum Gasteiger partial charge on any atom is 0.416 e. The lowest BCUT2D eigenvalue weighted by Gasteiger charge is -2.24. The molecule has 9 heteroatoms. The minimum absolute atomic E-state index is 0.00874. The van der Waals surface area contributed by atoms with Crippen molar-refractivity contribution in [1.29, 1.82) is 0 Å². The van der Waals surface area contributed by atoms with Gasteiger partial charge in [0.05, 0.1) is 5.56 Å². The van der Waals surface area contributed by atoms with Crippen molar-refractivity contribution >= 4 is 23.3 Å². The summed E-state index contributed by atoms with van der Waals surface area (Å²) in [5.74, 6) is -1.15. The van der Waals surface area contributed by atoms with Crippen molar-refractivity contribution in [1.82, 2.24) is 5.32 Å². The fourth-order valence-corrected chi connectivity index (χ4v) is 3.04. The molecule has 0 bridgehead atoms. The Hall–Kier alpha value is -3.88. The monoisotopic (exact) mass is 459 g/mol. The van der Waals surface area contributed by atoms with Crippen molar-refractivity contribution in [3.05, 3.63) is 95.3 Å². The van der Waals surface area contributed by atoms with Crippen LogP contribution < -0.4 is 15.5 Å². The van der Waals surface area contributed by atoms with E-state index in [-0.39, 0.29) is 24.3 Å². The number of urea groups is 1. The predicted molar refractivity (Wildman–Crippen MR) is 118 cm³/mol. The quantitative estimate of drug-likeness (QED) is 0.470. The van der Waals surface area contributed by atoms with E-state index in [0.717, 1.165) is 28.7 Å². The molecule has 3 amide bonds. The van der Waals surface area contributed by atoms with Crippen LogP contribution in [0.2, 0.25) is 0 Å². The van der Waals surface area contributed by atoms with E-state index in [1.165, 1.54) is 30.3 Å². The van der Waals surface area contributed by atoms with Crippen molar-refractivity contribution in [2.24, 2.45) is 0 Å². The van der Waals surface area contributed by atoms with Crippen LogP contribution in [0.15, 0.2) is 72.8 Å². The average Bonchev–Trinajstić information content (AvgIpc) is 2.77. The molecule has 3 aromatic rings. The van der Waals surface area contributed by atoms with Gasteiger partial charge in [-0.1, -0.05) is 29.8 Å². The second kappa shape index (κ2) is 10.2. The smallest absolute Gasteiger partial charge is 0.350 e. The summed E-state index contributed by atoms with van der Waals surface area (Å²) in [5, 5.41) is 5.19. The number of rotatable bonds is 6. The lowest BCUT2D eigenvalue weighted by molar-refractivity contribution is -0.137. The molecule has 0 heterocycles. The number of carbonyl (C=O) groups excluding carboxylic acids is 2. The van der Waals surface area contributed by atoms with E-state index in [1.807, 2.05) is 6.92 Å². The molecule has 0 fully saturated rings. The Morgan fingerprint density at radius 3 is 2.30 bits per heavy atom. The molecular weight excluding hydrogens is 438 g/mol. The van der Waals surface area contributed by atoms with Crippen molar-refractivity contribution in [3.63, 3.8) is 0 Å². The summed E-state index contributed by atoms with van der Waals surface area (Å²) in [6, 6.07) is 15.6. The molecule has 3 aromatic carbocycles. The van der Waals surface area contributed by atoms with Crippen LogP contribution in [0.25, 0.3) is 0 Å². The minimum atomic E-state index is -4.58. The van der Waals surface area contributed by atoms with Gasteiger partial charge in [0.15, 0.2) is 0 Å². The average molecular weight is 459 g/mol. The molecule has 0 aliphatic rings. The number of amides is 3. The van der Waals surface area contributed by atoms with Crippen LogP contribution in [-0.2, 0) is 6.18 Å². The maximum atomic E-state index is 13.3. The summed E-state index contributed by atoms with van der Waals surface area (Å²) in [4.78, 5) is 26.3. The van der Waals surface area contributed by atoms with Gasteiger partial charge in [-0.3, -0.25) is 9.69 Å². The number of benzene rings is 3. The van der Waals surface area contributed by atoms with E-state index >= 15 is 0 Å². The zero-order valence-corrected chi connectivity index (χ0v) is 17.6. The number of anilines is 2. The van der Waals surface area contributed by atoms with E-state index in [0.29, 0.717) is 5.69 Å². The first-order valence-electron chi connectivity index (χ1n) is 10.00. The highest BCUT2D eigenvalue weighted by atomic mass is 19.4. The SMILES string of the molecule is Cc1ccc(NC(=O)N(CCNC(=O)c2cccc(F)c2)c2cccc(C(F)(F)F)c2)cc1. The molecule has 0 spiro atoms. The van der Waals surface area contributed by atoms with Crippen LogP contribution in [0.3, 0.4) is 0 Å². The third kappa shape index (κ3) is 6.55. The number of alkyl halides is 3. The summed E-state index contributed by atoms with van der Waals surface area (Å²) in [5.41, 5.74) is 0.630. The zero-order chi connectivity index (χ0) is 24.0. The molecule has 33 heavy (non-hydrogen) atoms. The largest absolute Gasteiger partial charge is 0.416 e. The van der Waals surface area contributed by atoms with E-state index in [2.05, 4.69) is 10.6 Å². The zero-order valence-electron chi connectivity index (χ0n) is 17.6. The van der Waals surface area contributed by atoms with E-state index in [9.17, 15) is 27.2 Å². The van der Waals surface area contributed by atoms with Gasteiger partial charge in [-0.2, -0.15) is 13.2 Å². The highest BCUT2D eigenvalue weighted by molar-refractivity contribution is 6.02. The Labute approximate surface area is 188 Å². The van der Waals surface area contributed by atoms with Gasteiger partial charge < -0.3 is 10.6 Å². The molecule has 0 aliphatic heterocycles. The van der Waals surface area contributed by atoms with Gasteiger partial charge in [-0.15, -0.1) is 0 Å². The van der Waals surface area contributed by atoms with Gasteiger partial charge in [0.1, 0.15) is 5.82 Å². The van der Waals surface area contributed by atoms with Crippen LogP contribution in [0.1, 0.15) is 21.5 Å².